The molecule has 3 nitrogen and oxygen atoms in total. The van der Waals surface area contributed by atoms with Gasteiger partial charge >= 0.3 is 0 Å². The lowest BCUT2D eigenvalue weighted by atomic mass is 10.1. The first-order chi connectivity index (χ1) is 8.81. The Bertz CT molecular complexity index is 511. The molecule has 2 aromatic rings. The standard InChI is InChI=1S/C15H20N2O/c1-2-3-6-9-18-11-13-10-12-7-4-5-8-14(12)17-15(13)16/h4-5,7-8,10H,2-3,6,9,11H2,1H3,(H2,16,17). The second-order valence-corrected chi connectivity index (χ2v) is 4.49. The molecule has 1 heterocycles. The molecule has 0 aliphatic carbocycles. The average Bonchev–Trinajstić information content (AvgIpc) is 2.39. The maximum atomic E-state index is 5.94. The van der Waals surface area contributed by atoms with Crippen molar-refractivity contribution in [3.63, 3.8) is 0 Å². The van der Waals surface area contributed by atoms with E-state index in [9.17, 15) is 0 Å². The number of benzene rings is 1. The summed E-state index contributed by atoms with van der Waals surface area (Å²) in [4.78, 5) is 4.39. The summed E-state index contributed by atoms with van der Waals surface area (Å²) in [6, 6.07) is 10.1. The highest BCUT2D eigenvalue weighted by molar-refractivity contribution is 5.81. The van der Waals surface area contributed by atoms with Crippen molar-refractivity contribution < 1.29 is 4.74 Å². The first-order valence-corrected chi connectivity index (χ1v) is 6.53. The van der Waals surface area contributed by atoms with Crippen LogP contribution in [0, 0.1) is 0 Å². The Labute approximate surface area is 108 Å². The normalized spacial score (nSPS) is 10.9. The monoisotopic (exact) mass is 244 g/mol. The van der Waals surface area contributed by atoms with Gasteiger partial charge in [0.15, 0.2) is 0 Å². The minimum Gasteiger partial charge on any atom is -0.383 e. The second kappa shape index (κ2) is 6.36. The number of pyridine rings is 1. The zero-order chi connectivity index (χ0) is 12.8. The summed E-state index contributed by atoms with van der Waals surface area (Å²) in [6.45, 7) is 3.53. The summed E-state index contributed by atoms with van der Waals surface area (Å²) in [5.74, 6) is 0.573. The van der Waals surface area contributed by atoms with E-state index in [4.69, 9.17) is 10.5 Å². The molecule has 0 fully saturated rings. The Morgan fingerprint density at radius 3 is 2.89 bits per heavy atom. The number of unbranched alkanes of at least 4 members (excludes halogenated alkanes) is 2. The molecule has 2 rings (SSSR count). The zero-order valence-electron chi connectivity index (χ0n) is 10.9. The van der Waals surface area contributed by atoms with E-state index in [1.165, 1.54) is 12.8 Å². The van der Waals surface area contributed by atoms with E-state index in [1.807, 2.05) is 24.3 Å². The third kappa shape index (κ3) is 3.20. The molecule has 0 saturated carbocycles. The van der Waals surface area contributed by atoms with E-state index in [0.29, 0.717) is 12.4 Å². The molecular formula is C15H20N2O. The SMILES string of the molecule is CCCCCOCc1cc2ccccc2nc1N. The van der Waals surface area contributed by atoms with Crippen LogP contribution in [0.1, 0.15) is 31.7 Å². The van der Waals surface area contributed by atoms with Gasteiger partial charge in [-0.1, -0.05) is 38.0 Å². The van der Waals surface area contributed by atoms with Crippen molar-refractivity contribution in [3.05, 3.63) is 35.9 Å². The van der Waals surface area contributed by atoms with E-state index in [0.717, 1.165) is 29.5 Å². The van der Waals surface area contributed by atoms with Gasteiger partial charge in [0.25, 0.3) is 0 Å². The van der Waals surface area contributed by atoms with Gasteiger partial charge in [0.1, 0.15) is 5.82 Å². The maximum absolute atomic E-state index is 5.94. The number of fused-ring (bicyclic) bond motifs is 1. The van der Waals surface area contributed by atoms with Gasteiger partial charge in [-0.15, -0.1) is 0 Å². The fourth-order valence-corrected chi connectivity index (χ4v) is 1.93. The van der Waals surface area contributed by atoms with Gasteiger partial charge in [0.2, 0.25) is 0 Å². The maximum Gasteiger partial charge on any atom is 0.129 e. The zero-order valence-corrected chi connectivity index (χ0v) is 10.9. The van der Waals surface area contributed by atoms with Gasteiger partial charge in [-0.05, 0) is 18.6 Å². The number of ether oxygens (including phenoxy) is 1. The van der Waals surface area contributed by atoms with Gasteiger partial charge in [0, 0.05) is 17.6 Å². The van der Waals surface area contributed by atoms with Crippen molar-refractivity contribution >= 4 is 16.7 Å². The molecule has 0 spiro atoms. The topological polar surface area (TPSA) is 48.1 Å². The van der Waals surface area contributed by atoms with Gasteiger partial charge < -0.3 is 10.5 Å². The number of hydrogen-bond donors (Lipinski definition) is 1. The average molecular weight is 244 g/mol. The van der Waals surface area contributed by atoms with Crippen LogP contribution < -0.4 is 5.73 Å². The third-order valence-corrected chi connectivity index (χ3v) is 2.99. The van der Waals surface area contributed by atoms with Crippen LogP contribution in [0.4, 0.5) is 5.82 Å². The van der Waals surface area contributed by atoms with Crippen molar-refractivity contribution in [2.45, 2.75) is 32.8 Å². The largest absolute Gasteiger partial charge is 0.383 e. The molecule has 0 saturated heterocycles. The van der Waals surface area contributed by atoms with Crippen LogP contribution in [-0.4, -0.2) is 11.6 Å². The number of nitrogens with zero attached hydrogens (tertiary/aromatic N) is 1. The molecule has 2 N–H and O–H groups in total. The Morgan fingerprint density at radius 2 is 2.06 bits per heavy atom. The van der Waals surface area contributed by atoms with Crippen molar-refractivity contribution in [2.75, 3.05) is 12.3 Å². The number of hydrogen-bond acceptors (Lipinski definition) is 3. The molecule has 0 radical (unpaired) electrons. The lowest BCUT2D eigenvalue weighted by molar-refractivity contribution is 0.117. The van der Waals surface area contributed by atoms with Gasteiger partial charge in [-0.3, -0.25) is 0 Å². The summed E-state index contributed by atoms with van der Waals surface area (Å²) >= 11 is 0. The first kappa shape index (κ1) is 12.8. The molecule has 1 aromatic heterocycles. The fraction of sp³-hybridized carbons (Fsp3) is 0.400. The van der Waals surface area contributed by atoms with Crippen molar-refractivity contribution in [2.24, 2.45) is 0 Å². The smallest absolute Gasteiger partial charge is 0.129 e. The lowest BCUT2D eigenvalue weighted by Gasteiger charge is -2.08. The van der Waals surface area contributed by atoms with Crippen LogP contribution in [0.15, 0.2) is 30.3 Å². The third-order valence-electron chi connectivity index (χ3n) is 2.99. The predicted molar refractivity (Wildman–Crippen MR) is 75.3 cm³/mol. The van der Waals surface area contributed by atoms with Crippen LogP contribution in [0.3, 0.4) is 0 Å². The number of nitrogen functional groups attached to an aromatic ring is 1. The van der Waals surface area contributed by atoms with Crippen LogP contribution in [0.2, 0.25) is 0 Å². The van der Waals surface area contributed by atoms with Gasteiger partial charge in [0.05, 0.1) is 12.1 Å². The quantitative estimate of drug-likeness (QED) is 0.791. The Hall–Kier alpha value is -1.61. The summed E-state index contributed by atoms with van der Waals surface area (Å²) in [5, 5.41) is 1.11. The van der Waals surface area contributed by atoms with Gasteiger partial charge in [-0.25, -0.2) is 4.98 Å². The number of anilines is 1. The molecule has 96 valence electrons. The van der Waals surface area contributed by atoms with Crippen molar-refractivity contribution in [1.29, 1.82) is 0 Å². The van der Waals surface area contributed by atoms with Crippen LogP contribution >= 0.6 is 0 Å². The summed E-state index contributed by atoms with van der Waals surface area (Å²) < 4.78 is 5.63. The number of para-hydroxylation sites is 1. The summed E-state index contributed by atoms with van der Waals surface area (Å²) in [7, 11) is 0. The predicted octanol–water partition coefficient (Wildman–Crippen LogP) is 3.52. The Kier molecular flexibility index (Phi) is 4.53. The highest BCUT2D eigenvalue weighted by Crippen LogP contribution is 2.18. The molecule has 0 aliphatic rings. The minimum atomic E-state index is 0.549. The van der Waals surface area contributed by atoms with Gasteiger partial charge in [-0.2, -0.15) is 0 Å². The van der Waals surface area contributed by atoms with Crippen LogP contribution in [-0.2, 0) is 11.3 Å². The molecule has 0 bridgehead atoms. The molecule has 3 heteroatoms. The van der Waals surface area contributed by atoms with E-state index in [1.54, 1.807) is 0 Å². The van der Waals surface area contributed by atoms with Crippen molar-refractivity contribution in [1.82, 2.24) is 4.98 Å². The minimum absolute atomic E-state index is 0.549. The van der Waals surface area contributed by atoms with E-state index in [-0.39, 0.29) is 0 Å². The van der Waals surface area contributed by atoms with Crippen LogP contribution in [0.5, 0.6) is 0 Å². The molecule has 1 aromatic carbocycles. The number of nitrogens with two attached hydrogens (primary N) is 1. The highest BCUT2D eigenvalue weighted by Gasteiger charge is 2.03. The first-order valence-electron chi connectivity index (χ1n) is 6.53. The highest BCUT2D eigenvalue weighted by atomic mass is 16.5. The van der Waals surface area contributed by atoms with Crippen LogP contribution in [0.25, 0.3) is 10.9 Å². The summed E-state index contributed by atoms with van der Waals surface area (Å²) in [6.07, 6.45) is 3.53. The van der Waals surface area contributed by atoms with Crippen molar-refractivity contribution in [3.8, 4) is 0 Å². The molecular weight excluding hydrogens is 224 g/mol. The van der Waals surface area contributed by atoms with E-state index < -0.39 is 0 Å². The molecule has 18 heavy (non-hydrogen) atoms. The fourth-order valence-electron chi connectivity index (χ4n) is 1.93. The molecule has 0 amide bonds. The van der Waals surface area contributed by atoms with E-state index >= 15 is 0 Å². The molecule has 0 aliphatic heterocycles. The number of aromatic nitrogens is 1. The summed E-state index contributed by atoms with van der Waals surface area (Å²) in [5.41, 5.74) is 7.85. The second-order valence-electron chi connectivity index (χ2n) is 4.49. The number of rotatable bonds is 6. The van der Waals surface area contributed by atoms with E-state index in [2.05, 4.69) is 18.0 Å². The Morgan fingerprint density at radius 1 is 1.22 bits per heavy atom. The lowest BCUT2D eigenvalue weighted by Crippen LogP contribution is -2.02. The molecule has 0 atom stereocenters. The molecule has 0 unspecified atom stereocenters. The Balaban J connectivity index is 2.01.